The van der Waals surface area contributed by atoms with E-state index in [1.54, 1.807) is 18.2 Å². The summed E-state index contributed by atoms with van der Waals surface area (Å²) in [5.74, 6) is -3.64. The zero-order valence-electron chi connectivity index (χ0n) is 10.9. The average molecular weight is 280 g/mol. The van der Waals surface area contributed by atoms with E-state index in [0.29, 0.717) is 5.69 Å². The van der Waals surface area contributed by atoms with E-state index in [-0.39, 0.29) is 6.54 Å². The molecule has 0 fully saturated rings. The smallest absolute Gasteiger partial charge is 0.319 e. The summed E-state index contributed by atoms with van der Waals surface area (Å²) in [6.07, 6.45) is -0.542. The zero-order valence-corrected chi connectivity index (χ0v) is 10.9. The quantitative estimate of drug-likeness (QED) is 0.626. The van der Waals surface area contributed by atoms with E-state index in [1.807, 2.05) is 13.0 Å². The molecule has 7 heteroatoms. The van der Waals surface area contributed by atoms with Crippen molar-refractivity contribution in [3.8, 4) is 0 Å². The third-order valence-corrected chi connectivity index (χ3v) is 2.56. The summed E-state index contributed by atoms with van der Waals surface area (Å²) in [5.41, 5.74) is 1.55. The second kappa shape index (κ2) is 7.13. The Balaban J connectivity index is 2.49. The summed E-state index contributed by atoms with van der Waals surface area (Å²) in [6.45, 7) is 1.62. The SMILES string of the molecule is Cc1cccc(NC(=O)NCC(CC(=O)O)C(=O)O)c1. The van der Waals surface area contributed by atoms with Gasteiger partial charge < -0.3 is 20.8 Å². The third-order valence-electron chi connectivity index (χ3n) is 2.56. The molecule has 0 heterocycles. The van der Waals surface area contributed by atoms with Crippen molar-refractivity contribution in [1.29, 1.82) is 0 Å². The lowest BCUT2D eigenvalue weighted by atomic mass is 10.1. The van der Waals surface area contributed by atoms with Crippen molar-refractivity contribution in [2.75, 3.05) is 11.9 Å². The Morgan fingerprint density at radius 2 is 1.95 bits per heavy atom. The van der Waals surface area contributed by atoms with Crippen molar-refractivity contribution in [2.45, 2.75) is 13.3 Å². The summed E-state index contributed by atoms with van der Waals surface area (Å²) in [6, 6.07) is 6.52. The molecule has 0 spiro atoms. The largest absolute Gasteiger partial charge is 0.481 e. The number of benzene rings is 1. The maximum atomic E-state index is 11.6. The standard InChI is InChI=1S/C13H16N2O5/c1-8-3-2-4-10(5-8)15-13(20)14-7-9(12(18)19)6-11(16)17/h2-5,9H,6-7H2,1H3,(H,16,17)(H,18,19)(H2,14,15,20). The molecule has 1 aromatic rings. The van der Waals surface area contributed by atoms with Gasteiger partial charge in [-0.05, 0) is 24.6 Å². The first-order chi connectivity index (χ1) is 9.38. The number of carboxylic acids is 2. The highest BCUT2D eigenvalue weighted by Gasteiger charge is 2.21. The maximum absolute atomic E-state index is 11.6. The molecule has 0 radical (unpaired) electrons. The molecule has 0 saturated carbocycles. The lowest BCUT2D eigenvalue weighted by Crippen LogP contribution is -2.36. The maximum Gasteiger partial charge on any atom is 0.319 e. The molecule has 0 saturated heterocycles. The number of rotatable bonds is 6. The topological polar surface area (TPSA) is 116 Å². The highest BCUT2D eigenvalue weighted by Crippen LogP contribution is 2.09. The van der Waals surface area contributed by atoms with Crippen LogP contribution in [0.15, 0.2) is 24.3 Å². The van der Waals surface area contributed by atoms with E-state index in [9.17, 15) is 14.4 Å². The average Bonchev–Trinajstić information content (AvgIpc) is 2.33. The number of aryl methyl sites for hydroxylation is 1. The number of hydrogen-bond acceptors (Lipinski definition) is 3. The molecule has 0 aliphatic heterocycles. The summed E-state index contributed by atoms with van der Waals surface area (Å²) in [4.78, 5) is 32.9. The molecule has 1 unspecified atom stereocenters. The molecule has 0 aliphatic carbocycles. The predicted molar refractivity (Wildman–Crippen MR) is 71.6 cm³/mol. The van der Waals surface area contributed by atoms with Crippen LogP contribution < -0.4 is 10.6 Å². The molecule has 7 nitrogen and oxygen atoms in total. The Kier molecular flexibility index (Phi) is 5.52. The first kappa shape index (κ1) is 15.5. The molecular weight excluding hydrogens is 264 g/mol. The molecule has 0 aliphatic rings. The minimum Gasteiger partial charge on any atom is -0.481 e. The minimum atomic E-state index is -1.26. The van der Waals surface area contributed by atoms with Crippen molar-refractivity contribution in [2.24, 2.45) is 5.92 Å². The molecule has 108 valence electrons. The number of carboxylic acid groups (broad SMARTS) is 2. The van der Waals surface area contributed by atoms with Crippen LogP contribution in [0, 0.1) is 12.8 Å². The van der Waals surface area contributed by atoms with Crippen LogP contribution in [-0.2, 0) is 9.59 Å². The second-order valence-electron chi connectivity index (χ2n) is 4.34. The van der Waals surface area contributed by atoms with Gasteiger partial charge >= 0.3 is 18.0 Å². The summed E-state index contributed by atoms with van der Waals surface area (Å²) in [5, 5.41) is 22.3. The first-order valence-corrected chi connectivity index (χ1v) is 5.94. The van der Waals surface area contributed by atoms with Gasteiger partial charge in [0.05, 0.1) is 12.3 Å². The Hall–Kier alpha value is -2.57. The molecule has 0 aromatic heterocycles. The lowest BCUT2D eigenvalue weighted by Gasteiger charge is -2.12. The number of aliphatic carboxylic acids is 2. The van der Waals surface area contributed by atoms with Crippen LogP contribution in [0.25, 0.3) is 0 Å². The van der Waals surface area contributed by atoms with Gasteiger partial charge in [-0.15, -0.1) is 0 Å². The number of anilines is 1. The highest BCUT2D eigenvalue weighted by atomic mass is 16.4. The lowest BCUT2D eigenvalue weighted by molar-refractivity contribution is -0.148. The fourth-order valence-electron chi connectivity index (χ4n) is 1.57. The van der Waals surface area contributed by atoms with E-state index in [4.69, 9.17) is 10.2 Å². The number of carbonyl (C=O) groups excluding carboxylic acids is 1. The molecule has 0 bridgehead atoms. The van der Waals surface area contributed by atoms with E-state index in [1.165, 1.54) is 0 Å². The van der Waals surface area contributed by atoms with Crippen molar-refractivity contribution >= 4 is 23.7 Å². The third kappa shape index (κ3) is 5.38. The number of amides is 2. The molecule has 1 aromatic carbocycles. The van der Waals surface area contributed by atoms with Crippen LogP contribution in [0.2, 0.25) is 0 Å². The zero-order chi connectivity index (χ0) is 15.1. The Morgan fingerprint density at radius 1 is 1.25 bits per heavy atom. The Morgan fingerprint density at radius 3 is 2.50 bits per heavy atom. The summed E-state index contributed by atoms with van der Waals surface area (Å²) in [7, 11) is 0. The molecule has 1 rings (SSSR count). The van der Waals surface area contributed by atoms with Gasteiger partial charge in [-0.1, -0.05) is 12.1 Å². The van der Waals surface area contributed by atoms with Gasteiger partial charge in [0.25, 0.3) is 0 Å². The molecular formula is C13H16N2O5. The van der Waals surface area contributed by atoms with Crippen LogP contribution in [0.4, 0.5) is 10.5 Å². The van der Waals surface area contributed by atoms with Crippen LogP contribution in [0.5, 0.6) is 0 Å². The van der Waals surface area contributed by atoms with E-state index in [2.05, 4.69) is 10.6 Å². The fraction of sp³-hybridized carbons (Fsp3) is 0.308. The van der Waals surface area contributed by atoms with E-state index in [0.717, 1.165) is 5.56 Å². The van der Waals surface area contributed by atoms with Gasteiger partial charge in [0.15, 0.2) is 0 Å². The predicted octanol–water partition coefficient (Wildman–Crippen LogP) is 1.29. The van der Waals surface area contributed by atoms with Gasteiger partial charge in [0.1, 0.15) is 0 Å². The van der Waals surface area contributed by atoms with Gasteiger partial charge in [0, 0.05) is 12.2 Å². The second-order valence-corrected chi connectivity index (χ2v) is 4.34. The fourth-order valence-corrected chi connectivity index (χ4v) is 1.57. The normalized spacial score (nSPS) is 11.4. The minimum absolute atomic E-state index is 0.251. The van der Waals surface area contributed by atoms with Crippen molar-refractivity contribution in [3.05, 3.63) is 29.8 Å². The van der Waals surface area contributed by atoms with Crippen LogP contribution in [0.3, 0.4) is 0 Å². The van der Waals surface area contributed by atoms with Crippen LogP contribution in [0.1, 0.15) is 12.0 Å². The van der Waals surface area contributed by atoms with E-state index >= 15 is 0 Å². The van der Waals surface area contributed by atoms with E-state index < -0.39 is 30.3 Å². The van der Waals surface area contributed by atoms with Gasteiger partial charge in [-0.25, -0.2) is 4.79 Å². The molecule has 4 N–H and O–H groups in total. The van der Waals surface area contributed by atoms with Gasteiger partial charge in [-0.3, -0.25) is 9.59 Å². The van der Waals surface area contributed by atoms with Crippen molar-refractivity contribution < 1.29 is 24.6 Å². The molecule has 20 heavy (non-hydrogen) atoms. The monoisotopic (exact) mass is 280 g/mol. The van der Waals surface area contributed by atoms with Crippen molar-refractivity contribution in [3.63, 3.8) is 0 Å². The van der Waals surface area contributed by atoms with Crippen LogP contribution in [-0.4, -0.2) is 34.7 Å². The Bertz CT molecular complexity index is 515. The number of nitrogens with one attached hydrogen (secondary N) is 2. The highest BCUT2D eigenvalue weighted by molar-refractivity contribution is 5.89. The Labute approximate surface area is 115 Å². The summed E-state index contributed by atoms with van der Waals surface area (Å²) >= 11 is 0. The number of carbonyl (C=O) groups is 3. The molecule has 2 amide bonds. The summed E-state index contributed by atoms with van der Waals surface area (Å²) < 4.78 is 0. The van der Waals surface area contributed by atoms with Gasteiger partial charge in [0.2, 0.25) is 0 Å². The number of urea groups is 1. The number of hydrogen-bond donors (Lipinski definition) is 4. The first-order valence-electron chi connectivity index (χ1n) is 5.94. The van der Waals surface area contributed by atoms with Gasteiger partial charge in [-0.2, -0.15) is 0 Å². The molecule has 1 atom stereocenters. The van der Waals surface area contributed by atoms with Crippen LogP contribution >= 0.6 is 0 Å². The van der Waals surface area contributed by atoms with Crippen molar-refractivity contribution in [1.82, 2.24) is 5.32 Å².